The average Bonchev–Trinajstić information content (AvgIpc) is 2.69. The molecule has 1 amide bonds. The lowest BCUT2D eigenvalue weighted by Crippen LogP contribution is -2.25. The van der Waals surface area contributed by atoms with Gasteiger partial charge in [-0.05, 0) is 47.9 Å². The van der Waals surface area contributed by atoms with E-state index in [2.05, 4.69) is 5.32 Å². The Kier molecular flexibility index (Phi) is 6.34. The highest BCUT2D eigenvalue weighted by atomic mass is 35.5. The van der Waals surface area contributed by atoms with Gasteiger partial charge in [-0.15, -0.1) is 0 Å². The molecule has 0 heterocycles. The van der Waals surface area contributed by atoms with Gasteiger partial charge in [0.15, 0.2) is 0 Å². The molecule has 138 valence electrons. The molecule has 0 aliphatic rings. The van der Waals surface area contributed by atoms with Crippen LogP contribution in [0.3, 0.4) is 0 Å². The minimum atomic E-state index is -0.355. The van der Waals surface area contributed by atoms with Gasteiger partial charge in [-0.1, -0.05) is 54.1 Å². The van der Waals surface area contributed by atoms with Crippen LogP contribution in [-0.4, -0.2) is 17.6 Å². The number of amides is 1. The molecule has 4 nitrogen and oxygen atoms in total. The second kappa shape index (κ2) is 9.10. The Balaban J connectivity index is 1.52. The average molecular weight is 382 g/mol. The van der Waals surface area contributed by atoms with Gasteiger partial charge in [0.25, 0.3) is 5.91 Å². The third kappa shape index (κ3) is 5.50. The number of rotatable bonds is 7. The molecule has 0 spiro atoms. The number of carbonyl (C=O) groups is 1. The normalized spacial score (nSPS) is 10.4. The zero-order chi connectivity index (χ0) is 19.1. The van der Waals surface area contributed by atoms with Crippen LogP contribution >= 0.6 is 11.6 Å². The first kappa shape index (κ1) is 18.8. The van der Waals surface area contributed by atoms with Crippen LogP contribution in [-0.2, 0) is 13.0 Å². The molecule has 0 aromatic heterocycles. The molecule has 0 saturated carbocycles. The Hall–Kier alpha value is -2.98. The highest BCUT2D eigenvalue weighted by molar-refractivity contribution is 6.31. The fraction of sp³-hybridized carbons (Fsp3) is 0.136. The van der Waals surface area contributed by atoms with Crippen molar-refractivity contribution in [1.29, 1.82) is 0 Å². The van der Waals surface area contributed by atoms with Crippen molar-refractivity contribution in [3.05, 3.63) is 94.5 Å². The Morgan fingerprint density at radius 1 is 0.963 bits per heavy atom. The summed E-state index contributed by atoms with van der Waals surface area (Å²) in [6.07, 6.45) is 0.648. The molecular formula is C22H20ClNO3. The van der Waals surface area contributed by atoms with Crippen molar-refractivity contribution in [2.75, 3.05) is 6.54 Å². The number of nitrogens with one attached hydrogen (secondary N) is 1. The molecular weight excluding hydrogens is 362 g/mol. The van der Waals surface area contributed by atoms with Gasteiger partial charge in [0.05, 0.1) is 5.56 Å². The van der Waals surface area contributed by atoms with Crippen molar-refractivity contribution in [3.63, 3.8) is 0 Å². The molecule has 3 rings (SSSR count). The number of hydrogen-bond donors (Lipinski definition) is 2. The van der Waals surface area contributed by atoms with Crippen LogP contribution in [0, 0.1) is 0 Å². The lowest BCUT2D eigenvalue weighted by molar-refractivity contribution is 0.0951. The Morgan fingerprint density at radius 2 is 1.74 bits per heavy atom. The van der Waals surface area contributed by atoms with E-state index in [1.165, 1.54) is 18.2 Å². The van der Waals surface area contributed by atoms with Crippen molar-refractivity contribution in [1.82, 2.24) is 5.32 Å². The van der Waals surface area contributed by atoms with Crippen molar-refractivity contribution in [2.45, 2.75) is 13.0 Å². The number of benzene rings is 3. The Morgan fingerprint density at radius 3 is 2.56 bits per heavy atom. The van der Waals surface area contributed by atoms with Crippen LogP contribution in [0.4, 0.5) is 0 Å². The summed E-state index contributed by atoms with van der Waals surface area (Å²) in [4.78, 5) is 12.2. The van der Waals surface area contributed by atoms with E-state index in [0.717, 1.165) is 16.9 Å². The number of phenolic OH excluding ortho intramolecular Hbond substituents is 1. The zero-order valence-electron chi connectivity index (χ0n) is 14.7. The maximum atomic E-state index is 12.2. The topological polar surface area (TPSA) is 58.6 Å². The van der Waals surface area contributed by atoms with E-state index >= 15 is 0 Å². The summed E-state index contributed by atoms with van der Waals surface area (Å²) in [6.45, 7) is 0.946. The van der Waals surface area contributed by atoms with Crippen molar-refractivity contribution in [3.8, 4) is 11.5 Å². The van der Waals surface area contributed by atoms with Crippen LogP contribution in [0.25, 0.3) is 0 Å². The molecule has 0 unspecified atom stereocenters. The first-order chi connectivity index (χ1) is 13.1. The molecule has 0 aliphatic carbocycles. The summed E-state index contributed by atoms with van der Waals surface area (Å²) in [5.74, 6) is 0.342. The van der Waals surface area contributed by atoms with E-state index in [-0.39, 0.29) is 17.2 Å². The van der Waals surface area contributed by atoms with Gasteiger partial charge >= 0.3 is 0 Å². The number of ether oxygens (including phenoxy) is 1. The molecule has 0 fully saturated rings. The van der Waals surface area contributed by atoms with E-state index < -0.39 is 0 Å². The fourth-order valence-corrected chi connectivity index (χ4v) is 2.81. The second-order valence-electron chi connectivity index (χ2n) is 6.09. The summed E-state index contributed by atoms with van der Waals surface area (Å²) in [7, 11) is 0. The van der Waals surface area contributed by atoms with Crippen LogP contribution in [0.2, 0.25) is 5.02 Å². The molecule has 2 N–H and O–H groups in total. The number of phenols is 1. The largest absolute Gasteiger partial charge is 0.507 e. The van der Waals surface area contributed by atoms with Crippen LogP contribution in [0.5, 0.6) is 11.5 Å². The summed E-state index contributed by atoms with van der Waals surface area (Å²) >= 11 is 5.88. The molecule has 0 saturated heterocycles. The molecule has 27 heavy (non-hydrogen) atoms. The molecule has 0 atom stereocenters. The lowest BCUT2D eigenvalue weighted by atomic mass is 10.1. The SMILES string of the molecule is O=C(NCCc1cccc(OCc2ccccc2)c1)c1cc(Cl)ccc1O. The predicted molar refractivity (Wildman–Crippen MR) is 106 cm³/mol. The highest BCUT2D eigenvalue weighted by Gasteiger charge is 2.11. The van der Waals surface area contributed by atoms with Crippen LogP contribution < -0.4 is 10.1 Å². The standard InChI is InChI=1S/C22H20ClNO3/c23-18-9-10-21(25)20(14-18)22(26)24-12-11-16-7-4-8-19(13-16)27-15-17-5-2-1-3-6-17/h1-10,13-14,25H,11-12,15H2,(H,24,26). The van der Waals surface area contributed by atoms with Crippen LogP contribution in [0.15, 0.2) is 72.8 Å². The Labute approximate surface area is 163 Å². The number of hydrogen-bond acceptors (Lipinski definition) is 3. The highest BCUT2D eigenvalue weighted by Crippen LogP contribution is 2.21. The van der Waals surface area contributed by atoms with Gasteiger partial charge in [0.2, 0.25) is 0 Å². The van der Waals surface area contributed by atoms with E-state index in [0.29, 0.717) is 24.6 Å². The van der Waals surface area contributed by atoms with E-state index in [1.807, 2.05) is 54.6 Å². The quantitative estimate of drug-likeness (QED) is 0.629. The molecule has 3 aromatic carbocycles. The van der Waals surface area contributed by atoms with Crippen LogP contribution in [0.1, 0.15) is 21.5 Å². The van der Waals surface area contributed by atoms with Gasteiger partial charge in [-0.25, -0.2) is 0 Å². The van der Waals surface area contributed by atoms with E-state index in [1.54, 1.807) is 0 Å². The van der Waals surface area contributed by atoms with Crippen molar-refractivity contribution < 1.29 is 14.6 Å². The minimum absolute atomic E-state index is 0.0896. The van der Waals surface area contributed by atoms with Gasteiger partial charge < -0.3 is 15.2 Å². The molecule has 0 bridgehead atoms. The number of carbonyl (C=O) groups excluding carboxylic acids is 1. The smallest absolute Gasteiger partial charge is 0.255 e. The second-order valence-corrected chi connectivity index (χ2v) is 6.53. The maximum absolute atomic E-state index is 12.2. The predicted octanol–water partition coefficient (Wildman–Crippen LogP) is 4.60. The van der Waals surface area contributed by atoms with E-state index in [9.17, 15) is 9.90 Å². The Bertz CT molecular complexity index is 912. The van der Waals surface area contributed by atoms with Gasteiger partial charge in [0, 0.05) is 11.6 Å². The van der Waals surface area contributed by atoms with Gasteiger partial charge in [-0.2, -0.15) is 0 Å². The summed E-state index contributed by atoms with van der Waals surface area (Å²) in [6, 6.07) is 22.2. The molecule has 3 aromatic rings. The van der Waals surface area contributed by atoms with Gasteiger partial charge in [-0.3, -0.25) is 4.79 Å². The molecule has 5 heteroatoms. The lowest BCUT2D eigenvalue weighted by Gasteiger charge is -2.10. The third-order valence-electron chi connectivity index (χ3n) is 4.05. The number of aromatic hydroxyl groups is 1. The van der Waals surface area contributed by atoms with E-state index in [4.69, 9.17) is 16.3 Å². The summed E-state index contributed by atoms with van der Waals surface area (Å²) < 4.78 is 5.82. The summed E-state index contributed by atoms with van der Waals surface area (Å²) in [5.41, 5.74) is 2.33. The fourth-order valence-electron chi connectivity index (χ4n) is 2.64. The zero-order valence-corrected chi connectivity index (χ0v) is 15.4. The first-order valence-corrected chi connectivity index (χ1v) is 9.02. The summed E-state index contributed by atoms with van der Waals surface area (Å²) in [5, 5.41) is 13.0. The first-order valence-electron chi connectivity index (χ1n) is 8.64. The third-order valence-corrected chi connectivity index (χ3v) is 4.28. The van der Waals surface area contributed by atoms with Gasteiger partial charge in [0.1, 0.15) is 18.1 Å². The van der Waals surface area contributed by atoms with Crippen molar-refractivity contribution in [2.24, 2.45) is 0 Å². The molecule has 0 aliphatic heterocycles. The molecule has 0 radical (unpaired) electrons. The monoisotopic (exact) mass is 381 g/mol. The minimum Gasteiger partial charge on any atom is -0.507 e. The maximum Gasteiger partial charge on any atom is 0.255 e. The van der Waals surface area contributed by atoms with Crippen molar-refractivity contribution >= 4 is 17.5 Å². The number of halogens is 1.